The van der Waals surface area contributed by atoms with Crippen molar-refractivity contribution < 1.29 is 38.6 Å². The number of aliphatic hydroxyl groups is 2. The third kappa shape index (κ3) is 8.73. The molecule has 0 aliphatic carbocycles. The lowest BCUT2D eigenvalue weighted by Crippen LogP contribution is -2.38. The summed E-state index contributed by atoms with van der Waals surface area (Å²) in [6, 6.07) is 24.9. The van der Waals surface area contributed by atoms with Gasteiger partial charge in [0.25, 0.3) is 11.1 Å². The molecule has 0 bridgehead atoms. The van der Waals surface area contributed by atoms with Gasteiger partial charge in [-0.05, 0) is 73.6 Å². The number of ether oxygens (including phenoxy) is 6. The van der Waals surface area contributed by atoms with Gasteiger partial charge in [0.05, 0.1) is 39.6 Å². The van der Waals surface area contributed by atoms with Crippen LogP contribution in [-0.2, 0) is 24.5 Å². The maximum Gasteiger partial charge on any atom is 0.330 e. The molecule has 7 rings (SSSR count). The van der Waals surface area contributed by atoms with Gasteiger partial charge in [-0.15, -0.1) is 0 Å². The fraction of sp³-hybridized carbons (Fsp3) is 0.395. The van der Waals surface area contributed by atoms with Gasteiger partial charge in [0.15, 0.2) is 6.29 Å². The van der Waals surface area contributed by atoms with Crippen molar-refractivity contribution in [2.24, 2.45) is 5.92 Å². The molecule has 0 spiro atoms. The minimum atomic E-state index is -1.18. The molecule has 2 aromatic heterocycles. The van der Waals surface area contributed by atoms with Gasteiger partial charge in [-0.3, -0.25) is 28.7 Å². The minimum absolute atomic E-state index is 0.00174. The number of rotatable bonds is 15. The number of hydrogen-bond acceptors (Lipinski definition) is 12. The van der Waals surface area contributed by atoms with E-state index in [0.29, 0.717) is 22.6 Å². The Balaban J connectivity index is 1.16. The molecule has 5 aromatic rings. The van der Waals surface area contributed by atoms with E-state index in [2.05, 4.69) is 9.97 Å². The molecule has 0 amide bonds. The van der Waals surface area contributed by atoms with Crippen LogP contribution in [0.15, 0.2) is 110 Å². The smallest absolute Gasteiger partial charge is 0.330 e. The normalized spacial score (nSPS) is 22.3. The summed E-state index contributed by atoms with van der Waals surface area (Å²) < 4.78 is 39.0. The summed E-state index contributed by atoms with van der Waals surface area (Å²) in [4.78, 5) is 54.3. The Kier molecular flexibility index (Phi) is 12.5. The number of nitrogens with zero attached hydrogens (tertiary/aromatic N) is 2. The zero-order valence-electron chi connectivity index (χ0n) is 33.1. The summed E-state index contributed by atoms with van der Waals surface area (Å²) in [5.41, 5.74) is -0.469. The number of H-pyrrole nitrogens is 2. The summed E-state index contributed by atoms with van der Waals surface area (Å²) in [6.07, 6.45) is -2.52. The minimum Gasteiger partial charge on any atom is -0.497 e. The molecule has 2 fully saturated rings. The van der Waals surface area contributed by atoms with Gasteiger partial charge >= 0.3 is 11.4 Å². The van der Waals surface area contributed by atoms with Gasteiger partial charge in [-0.2, -0.15) is 0 Å². The quantitative estimate of drug-likeness (QED) is 0.113. The Morgan fingerprint density at radius 3 is 1.78 bits per heavy atom. The van der Waals surface area contributed by atoms with Crippen LogP contribution in [0.1, 0.15) is 59.5 Å². The Hall–Kier alpha value is -5.62. The molecule has 59 heavy (non-hydrogen) atoms. The lowest BCUT2D eigenvalue weighted by molar-refractivity contribution is -0.189. The van der Waals surface area contributed by atoms with Gasteiger partial charge in [0.1, 0.15) is 35.7 Å². The van der Waals surface area contributed by atoms with Crippen molar-refractivity contribution in [1.82, 2.24) is 19.1 Å². The number of aromatic amines is 2. The molecule has 4 heterocycles. The van der Waals surface area contributed by atoms with E-state index in [1.165, 1.54) is 21.5 Å². The average molecular weight is 813 g/mol. The van der Waals surface area contributed by atoms with E-state index in [-0.39, 0.29) is 32.5 Å². The highest BCUT2D eigenvalue weighted by Gasteiger charge is 2.44. The molecule has 4 unspecified atom stereocenters. The van der Waals surface area contributed by atoms with Crippen LogP contribution in [-0.4, -0.2) is 81.4 Å². The van der Waals surface area contributed by atoms with Gasteiger partial charge in [-0.1, -0.05) is 54.6 Å². The van der Waals surface area contributed by atoms with Crippen molar-refractivity contribution in [3.63, 3.8) is 0 Å². The van der Waals surface area contributed by atoms with Crippen LogP contribution in [0.2, 0.25) is 0 Å². The number of benzene rings is 3. The molecule has 2 saturated heterocycles. The van der Waals surface area contributed by atoms with E-state index in [1.807, 2.05) is 78.9 Å². The van der Waals surface area contributed by atoms with Gasteiger partial charge in [0, 0.05) is 29.9 Å². The van der Waals surface area contributed by atoms with Crippen molar-refractivity contribution in [1.29, 1.82) is 0 Å². The SMILES string of the molecule is COc1ccc(C(OC[C@H]2O[C@@H](n3cc(C)c(=O)[nH]c3=O)C[C@@H]2CC(O)COC2OC(n3cc(C)c(=O)[nH]c3=O)CC2O)(c2ccccc2)c2ccc(OC)cc2)cc1. The van der Waals surface area contributed by atoms with Crippen LogP contribution in [0.3, 0.4) is 0 Å². The number of aryl methyl sites for hydroxylation is 2. The van der Waals surface area contributed by atoms with Crippen molar-refractivity contribution in [3.8, 4) is 11.5 Å². The standard InChI is InChI=1S/C43H48N4O12/c1-25-21-46(41(52)44-38(25)50)36-19-27(18-31(48)23-56-40-34(49)20-37(59-40)47-22-26(2)39(51)45-42(47)53)35(58-36)24-57-43(28-8-6-5-7-9-28,29-10-14-32(54-3)15-11-29)30-12-16-33(55-4)17-13-30/h5-17,21-22,27,31,34-37,40,48-49H,18-20,23-24H2,1-4H3,(H,44,50,52)(H,45,51,53)/t27-,31?,34?,35+,36+,37?,40?/m0/s1. The van der Waals surface area contributed by atoms with Crippen LogP contribution < -0.4 is 32.0 Å². The second kappa shape index (κ2) is 17.7. The summed E-state index contributed by atoms with van der Waals surface area (Å²) in [6.45, 7) is 2.90. The molecule has 2 aliphatic rings. The molecule has 3 aromatic carbocycles. The predicted molar refractivity (Wildman–Crippen MR) is 214 cm³/mol. The molecule has 312 valence electrons. The second-order valence-electron chi connectivity index (χ2n) is 14.9. The predicted octanol–water partition coefficient (Wildman–Crippen LogP) is 3.01. The highest BCUT2D eigenvalue weighted by Crippen LogP contribution is 2.44. The Morgan fingerprint density at radius 1 is 0.746 bits per heavy atom. The summed E-state index contributed by atoms with van der Waals surface area (Å²) >= 11 is 0. The molecule has 0 radical (unpaired) electrons. The van der Waals surface area contributed by atoms with Crippen molar-refractivity contribution in [2.45, 2.75) is 75.8 Å². The summed E-state index contributed by atoms with van der Waals surface area (Å²) in [5, 5.41) is 22.2. The van der Waals surface area contributed by atoms with Gasteiger partial charge in [-0.25, -0.2) is 9.59 Å². The fourth-order valence-corrected chi connectivity index (χ4v) is 7.83. The van der Waals surface area contributed by atoms with Gasteiger partial charge in [0.2, 0.25) is 0 Å². The highest BCUT2D eigenvalue weighted by molar-refractivity contribution is 5.49. The van der Waals surface area contributed by atoms with Gasteiger partial charge < -0.3 is 38.6 Å². The zero-order chi connectivity index (χ0) is 41.8. The van der Waals surface area contributed by atoms with E-state index >= 15 is 0 Å². The molecular weight excluding hydrogens is 764 g/mol. The number of aliphatic hydroxyl groups excluding tert-OH is 2. The first-order valence-electron chi connectivity index (χ1n) is 19.3. The molecule has 16 heteroatoms. The van der Waals surface area contributed by atoms with E-state index in [9.17, 15) is 29.4 Å². The highest BCUT2D eigenvalue weighted by atomic mass is 16.7. The third-order valence-corrected chi connectivity index (χ3v) is 11.0. The lowest BCUT2D eigenvalue weighted by Gasteiger charge is -2.37. The van der Waals surface area contributed by atoms with E-state index in [1.54, 1.807) is 28.1 Å². The van der Waals surface area contributed by atoms with Crippen LogP contribution >= 0.6 is 0 Å². The van der Waals surface area contributed by atoms with Crippen molar-refractivity contribution >= 4 is 0 Å². The first kappa shape index (κ1) is 41.5. The van der Waals surface area contributed by atoms with Crippen molar-refractivity contribution in [3.05, 3.63) is 161 Å². The average Bonchev–Trinajstić information content (AvgIpc) is 3.82. The van der Waals surface area contributed by atoms with Crippen LogP contribution in [0.25, 0.3) is 0 Å². The second-order valence-corrected chi connectivity index (χ2v) is 14.9. The number of methoxy groups -OCH3 is 2. The Morgan fingerprint density at radius 2 is 1.25 bits per heavy atom. The number of nitrogens with one attached hydrogen (secondary N) is 2. The summed E-state index contributed by atoms with van der Waals surface area (Å²) in [7, 11) is 3.19. The summed E-state index contributed by atoms with van der Waals surface area (Å²) in [5.74, 6) is 0.927. The van der Waals surface area contributed by atoms with Crippen LogP contribution in [0, 0.1) is 19.8 Å². The maximum absolute atomic E-state index is 13.1. The number of aromatic nitrogens is 4. The maximum atomic E-state index is 13.1. The molecular formula is C43H48N4O12. The fourth-order valence-electron chi connectivity index (χ4n) is 7.83. The molecule has 2 aliphatic heterocycles. The Labute approximate surface area is 338 Å². The Bertz CT molecular complexity index is 2400. The van der Waals surface area contributed by atoms with Crippen LogP contribution in [0.5, 0.6) is 11.5 Å². The van der Waals surface area contributed by atoms with E-state index < -0.39 is 71.1 Å². The molecule has 4 N–H and O–H groups in total. The van der Waals surface area contributed by atoms with E-state index in [0.717, 1.165) is 16.7 Å². The molecule has 7 atom stereocenters. The van der Waals surface area contributed by atoms with Crippen LogP contribution in [0.4, 0.5) is 0 Å². The largest absolute Gasteiger partial charge is 0.497 e. The molecule has 0 saturated carbocycles. The topological polar surface area (TPSA) is 206 Å². The first-order valence-corrected chi connectivity index (χ1v) is 19.3. The van der Waals surface area contributed by atoms with E-state index in [4.69, 9.17) is 28.4 Å². The first-order chi connectivity index (χ1) is 28.4. The van der Waals surface area contributed by atoms with Crippen molar-refractivity contribution in [2.75, 3.05) is 27.4 Å². The third-order valence-electron chi connectivity index (χ3n) is 11.0. The molecule has 16 nitrogen and oxygen atoms in total. The lowest BCUT2D eigenvalue weighted by atomic mass is 9.80. The zero-order valence-corrected chi connectivity index (χ0v) is 33.1. The number of hydrogen-bond donors (Lipinski definition) is 4. The monoisotopic (exact) mass is 812 g/mol.